The molecular weight excluding hydrogens is 160 g/mol. The Morgan fingerprint density at radius 3 is 2.83 bits per heavy atom. The molecule has 0 radical (unpaired) electrons. The molecule has 5 nitrogen and oxygen atoms in total. The maximum absolute atomic E-state index is 11.0. The van der Waals surface area contributed by atoms with Crippen LogP contribution in [0.4, 0.5) is 0 Å². The number of nitrogens with two attached hydrogens (primary N) is 1. The zero-order chi connectivity index (χ0) is 9.14. The van der Waals surface area contributed by atoms with E-state index in [0.29, 0.717) is 0 Å². The van der Waals surface area contributed by atoms with Crippen molar-refractivity contribution in [2.75, 3.05) is 0 Å². The fraction of sp³-hybridized carbons (Fsp3) is 0.143. The molecule has 0 saturated heterocycles. The van der Waals surface area contributed by atoms with Crippen molar-refractivity contribution in [1.29, 1.82) is 0 Å². The first-order valence-electron chi connectivity index (χ1n) is 3.28. The van der Waals surface area contributed by atoms with E-state index in [1.165, 1.54) is 18.5 Å². The van der Waals surface area contributed by atoms with Gasteiger partial charge < -0.3 is 15.8 Å². The number of pyridine rings is 1. The van der Waals surface area contributed by atoms with E-state index in [2.05, 4.69) is 4.98 Å². The molecule has 0 aliphatic rings. The summed E-state index contributed by atoms with van der Waals surface area (Å²) in [6.45, 7) is 0. The summed E-state index contributed by atoms with van der Waals surface area (Å²) >= 11 is 0. The second-order valence-corrected chi connectivity index (χ2v) is 2.28. The number of aromatic nitrogens is 1. The molecule has 5 heteroatoms. The third-order valence-electron chi connectivity index (χ3n) is 1.46. The zero-order valence-corrected chi connectivity index (χ0v) is 6.15. The summed E-state index contributed by atoms with van der Waals surface area (Å²) in [4.78, 5) is 24.0. The van der Waals surface area contributed by atoms with Gasteiger partial charge in [-0.15, -0.1) is 0 Å². The molecule has 0 aliphatic heterocycles. The van der Waals surface area contributed by atoms with E-state index < -0.39 is 12.0 Å². The summed E-state index contributed by atoms with van der Waals surface area (Å²) in [5.41, 5.74) is 4.91. The molecule has 12 heavy (non-hydrogen) atoms. The Balaban J connectivity index is 3.11. The second kappa shape index (κ2) is 3.19. The van der Waals surface area contributed by atoms with E-state index in [4.69, 9.17) is 10.8 Å². The maximum Gasteiger partial charge on any atom is 0.325 e. The highest BCUT2D eigenvalue weighted by atomic mass is 16.4. The Morgan fingerprint density at radius 1 is 1.67 bits per heavy atom. The Bertz CT molecular complexity index is 345. The SMILES string of the molecule is N[C@H](C(=O)O)c1c[nH]ccc1=O. The van der Waals surface area contributed by atoms with Gasteiger partial charge in [0.15, 0.2) is 5.43 Å². The fourth-order valence-corrected chi connectivity index (χ4v) is 0.805. The number of aromatic amines is 1. The monoisotopic (exact) mass is 168 g/mol. The highest BCUT2D eigenvalue weighted by molar-refractivity contribution is 5.74. The molecule has 1 aromatic heterocycles. The van der Waals surface area contributed by atoms with Crippen molar-refractivity contribution in [1.82, 2.24) is 4.98 Å². The van der Waals surface area contributed by atoms with Gasteiger partial charge in [0.1, 0.15) is 6.04 Å². The standard InChI is InChI=1S/C7H8N2O3/c8-6(7(11)12)4-3-9-2-1-5(4)10/h1-3,6H,8H2,(H,9,10)(H,11,12)/t6-/m0/s1. The largest absolute Gasteiger partial charge is 0.480 e. The van der Waals surface area contributed by atoms with Gasteiger partial charge in [0.2, 0.25) is 0 Å². The van der Waals surface area contributed by atoms with Crippen LogP contribution in [0.3, 0.4) is 0 Å². The third kappa shape index (κ3) is 1.51. The molecule has 1 heterocycles. The first-order valence-corrected chi connectivity index (χ1v) is 3.28. The van der Waals surface area contributed by atoms with Gasteiger partial charge in [-0.3, -0.25) is 9.59 Å². The van der Waals surface area contributed by atoms with Crippen molar-refractivity contribution in [3.63, 3.8) is 0 Å². The van der Waals surface area contributed by atoms with Gasteiger partial charge >= 0.3 is 5.97 Å². The average molecular weight is 168 g/mol. The number of H-pyrrole nitrogens is 1. The normalized spacial score (nSPS) is 12.4. The molecule has 1 rings (SSSR count). The van der Waals surface area contributed by atoms with Crippen LogP contribution >= 0.6 is 0 Å². The first kappa shape index (κ1) is 8.48. The number of nitrogens with one attached hydrogen (secondary N) is 1. The molecule has 0 saturated carbocycles. The molecule has 0 aromatic carbocycles. The van der Waals surface area contributed by atoms with Crippen LogP contribution in [-0.2, 0) is 4.79 Å². The van der Waals surface area contributed by atoms with Crippen LogP contribution < -0.4 is 11.2 Å². The number of rotatable bonds is 2. The average Bonchev–Trinajstić information content (AvgIpc) is 2.04. The summed E-state index contributed by atoms with van der Waals surface area (Å²) in [7, 11) is 0. The fourth-order valence-electron chi connectivity index (χ4n) is 0.805. The predicted molar refractivity (Wildman–Crippen MR) is 41.6 cm³/mol. The van der Waals surface area contributed by atoms with Gasteiger partial charge in [0.05, 0.1) is 0 Å². The summed E-state index contributed by atoms with van der Waals surface area (Å²) < 4.78 is 0. The Hall–Kier alpha value is -1.62. The molecule has 0 unspecified atom stereocenters. The van der Waals surface area contributed by atoms with Crippen molar-refractivity contribution >= 4 is 5.97 Å². The lowest BCUT2D eigenvalue weighted by atomic mass is 10.1. The molecule has 4 N–H and O–H groups in total. The number of carboxylic acid groups (broad SMARTS) is 1. The van der Waals surface area contributed by atoms with Gasteiger partial charge in [-0.25, -0.2) is 0 Å². The van der Waals surface area contributed by atoms with Crippen LogP contribution in [0.2, 0.25) is 0 Å². The van der Waals surface area contributed by atoms with E-state index in [0.717, 1.165) is 0 Å². The molecule has 1 atom stereocenters. The minimum atomic E-state index is -1.25. The third-order valence-corrected chi connectivity index (χ3v) is 1.46. The molecule has 0 amide bonds. The maximum atomic E-state index is 11.0. The van der Waals surface area contributed by atoms with Gasteiger partial charge in [-0.2, -0.15) is 0 Å². The Labute approximate surface area is 67.8 Å². The van der Waals surface area contributed by atoms with Gasteiger partial charge in [-0.1, -0.05) is 0 Å². The van der Waals surface area contributed by atoms with Crippen LogP contribution in [0.1, 0.15) is 11.6 Å². The lowest BCUT2D eigenvalue weighted by molar-refractivity contribution is -0.138. The van der Waals surface area contributed by atoms with Crippen LogP contribution in [-0.4, -0.2) is 16.1 Å². The Morgan fingerprint density at radius 2 is 2.33 bits per heavy atom. The quantitative estimate of drug-likeness (QED) is 0.552. The summed E-state index contributed by atoms with van der Waals surface area (Å²) in [6.07, 6.45) is 2.71. The van der Waals surface area contributed by atoms with Gasteiger partial charge in [0, 0.05) is 24.0 Å². The lowest BCUT2D eigenvalue weighted by Gasteiger charge is -2.03. The number of hydrogen-bond donors (Lipinski definition) is 3. The second-order valence-electron chi connectivity index (χ2n) is 2.28. The molecule has 0 spiro atoms. The molecule has 1 aromatic rings. The Kier molecular flexibility index (Phi) is 2.25. The summed E-state index contributed by atoms with van der Waals surface area (Å²) in [5, 5.41) is 8.48. The highest BCUT2D eigenvalue weighted by Gasteiger charge is 2.16. The molecule has 64 valence electrons. The first-order chi connectivity index (χ1) is 5.63. The van der Waals surface area contributed by atoms with E-state index in [9.17, 15) is 9.59 Å². The summed E-state index contributed by atoms with van der Waals surface area (Å²) in [5.74, 6) is -1.22. The number of aliphatic carboxylic acids is 1. The summed E-state index contributed by atoms with van der Waals surface area (Å²) in [6, 6.07) is -0.0204. The smallest absolute Gasteiger partial charge is 0.325 e. The van der Waals surface area contributed by atoms with Crippen LogP contribution in [0.25, 0.3) is 0 Å². The molecular formula is C7H8N2O3. The highest BCUT2D eigenvalue weighted by Crippen LogP contribution is 2.01. The predicted octanol–water partition coefficient (Wildman–Crippen LogP) is -0.541. The number of hydrogen-bond acceptors (Lipinski definition) is 3. The molecule has 0 bridgehead atoms. The van der Waals surface area contributed by atoms with E-state index in [1.54, 1.807) is 0 Å². The van der Waals surface area contributed by atoms with E-state index >= 15 is 0 Å². The molecule has 0 fully saturated rings. The van der Waals surface area contributed by atoms with Crippen molar-refractivity contribution in [2.45, 2.75) is 6.04 Å². The minimum absolute atomic E-state index is 0.0602. The topological polar surface area (TPSA) is 96.2 Å². The van der Waals surface area contributed by atoms with Crippen molar-refractivity contribution in [3.8, 4) is 0 Å². The lowest BCUT2D eigenvalue weighted by Crippen LogP contribution is -2.26. The number of carbonyl (C=O) groups is 1. The van der Waals surface area contributed by atoms with E-state index in [1.807, 2.05) is 0 Å². The van der Waals surface area contributed by atoms with Gasteiger partial charge in [-0.05, 0) is 0 Å². The van der Waals surface area contributed by atoms with Crippen LogP contribution in [0, 0.1) is 0 Å². The van der Waals surface area contributed by atoms with Crippen molar-refractivity contribution in [3.05, 3.63) is 34.2 Å². The van der Waals surface area contributed by atoms with Crippen LogP contribution in [0.15, 0.2) is 23.3 Å². The zero-order valence-electron chi connectivity index (χ0n) is 6.15. The van der Waals surface area contributed by atoms with Gasteiger partial charge in [0.25, 0.3) is 0 Å². The van der Waals surface area contributed by atoms with E-state index in [-0.39, 0.29) is 11.0 Å². The molecule has 0 aliphatic carbocycles. The number of carboxylic acids is 1. The van der Waals surface area contributed by atoms with Crippen molar-refractivity contribution in [2.24, 2.45) is 5.73 Å². The van der Waals surface area contributed by atoms with Crippen molar-refractivity contribution < 1.29 is 9.90 Å². The minimum Gasteiger partial charge on any atom is -0.480 e. The van der Waals surface area contributed by atoms with Crippen LogP contribution in [0.5, 0.6) is 0 Å².